The van der Waals surface area contributed by atoms with Gasteiger partial charge in [-0.3, -0.25) is 0 Å². The Morgan fingerprint density at radius 2 is 1.65 bits per heavy atom. The van der Waals surface area contributed by atoms with Crippen molar-refractivity contribution in [2.45, 2.75) is 13.0 Å². The number of benzene rings is 1. The molecular formula is C14H12F4N2. The van der Waals surface area contributed by atoms with Crippen LogP contribution in [-0.4, -0.2) is 12.0 Å². The molecule has 0 saturated heterocycles. The summed E-state index contributed by atoms with van der Waals surface area (Å²) >= 11 is 0. The van der Waals surface area contributed by atoms with Crippen LogP contribution in [0.5, 0.6) is 0 Å². The topological polar surface area (TPSA) is 16.1 Å². The molecule has 0 N–H and O–H groups in total. The standard InChI is InChI=1S/C14H12F4N2/c1-8(9-5-3-4-6-10(9)15)20(2)14-12(17)7-11(16)13(18)19-14/h3-8H,1-2H3. The SMILES string of the molecule is CC(c1ccccc1F)N(C)c1nc(F)c(F)cc1F. The maximum absolute atomic E-state index is 13.7. The summed E-state index contributed by atoms with van der Waals surface area (Å²) in [5, 5.41) is 0. The lowest BCUT2D eigenvalue weighted by Crippen LogP contribution is -2.25. The molecule has 1 aromatic carbocycles. The summed E-state index contributed by atoms with van der Waals surface area (Å²) in [5.74, 6) is -4.60. The smallest absolute Gasteiger partial charge is 0.251 e. The van der Waals surface area contributed by atoms with Gasteiger partial charge < -0.3 is 4.90 Å². The van der Waals surface area contributed by atoms with Gasteiger partial charge in [0.1, 0.15) is 5.82 Å². The van der Waals surface area contributed by atoms with E-state index in [4.69, 9.17) is 0 Å². The molecule has 0 aliphatic rings. The van der Waals surface area contributed by atoms with E-state index in [1.165, 1.54) is 30.1 Å². The largest absolute Gasteiger partial charge is 0.350 e. The van der Waals surface area contributed by atoms with Gasteiger partial charge in [0.15, 0.2) is 17.5 Å². The van der Waals surface area contributed by atoms with Gasteiger partial charge in [0.05, 0.1) is 6.04 Å². The molecule has 6 heteroatoms. The van der Waals surface area contributed by atoms with Gasteiger partial charge in [0.25, 0.3) is 5.95 Å². The molecule has 0 aliphatic carbocycles. The van der Waals surface area contributed by atoms with Gasteiger partial charge in [-0.2, -0.15) is 9.37 Å². The first-order valence-electron chi connectivity index (χ1n) is 5.90. The average molecular weight is 284 g/mol. The van der Waals surface area contributed by atoms with Crippen LogP contribution >= 0.6 is 0 Å². The Labute approximate surface area is 113 Å². The maximum atomic E-state index is 13.7. The third-order valence-electron chi connectivity index (χ3n) is 3.14. The number of anilines is 1. The molecule has 1 aromatic heterocycles. The van der Waals surface area contributed by atoms with Crippen molar-refractivity contribution in [2.75, 3.05) is 11.9 Å². The first-order chi connectivity index (χ1) is 9.41. The number of pyridine rings is 1. The van der Waals surface area contributed by atoms with Crippen LogP contribution in [-0.2, 0) is 0 Å². The Hall–Kier alpha value is -2.11. The molecular weight excluding hydrogens is 272 g/mol. The fourth-order valence-corrected chi connectivity index (χ4v) is 1.89. The van der Waals surface area contributed by atoms with Gasteiger partial charge in [-0.1, -0.05) is 18.2 Å². The van der Waals surface area contributed by atoms with Crippen molar-refractivity contribution in [1.82, 2.24) is 4.98 Å². The molecule has 20 heavy (non-hydrogen) atoms. The van der Waals surface area contributed by atoms with Crippen LogP contribution in [0, 0.1) is 23.4 Å². The first-order valence-corrected chi connectivity index (χ1v) is 5.90. The zero-order valence-electron chi connectivity index (χ0n) is 10.9. The second kappa shape index (κ2) is 5.48. The third-order valence-corrected chi connectivity index (χ3v) is 3.14. The van der Waals surface area contributed by atoms with E-state index < -0.39 is 29.4 Å². The highest BCUT2D eigenvalue weighted by molar-refractivity contribution is 5.42. The van der Waals surface area contributed by atoms with E-state index in [2.05, 4.69) is 4.98 Å². The van der Waals surface area contributed by atoms with Gasteiger partial charge in [-0.05, 0) is 13.0 Å². The fraction of sp³-hybridized carbons (Fsp3) is 0.214. The van der Waals surface area contributed by atoms with Crippen molar-refractivity contribution in [1.29, 1.82) is 0 Å². The second-order valence-corrected chi connectivity index (χ2v) is 4.37. The molecule has 1 unspecified atom stereocenters. The summed E-state index contributed by atoms with van der Waals surface area (Å²) in [6.45, 7) is 1.61. The molecule has 106 valence electrons. The van der Waals surface area contributed by atoms with Crippen LogP contribution in [0.4, 0.5) is 23.4 Å². The van der Waals surface area contributed by atoms with Crippen molar-refractivity contribution < 1.29 is 17.6 Å². The van der Waals surface area contributed by atoms with E-state index in [-0.39, 0.29) is 5.82 Å². The van der Waals surface area contributed by atoms with Crippen molar-refractivity contribution >= 4 is 5.82 Å². The number of nitrogens with zero attached hydrogens (tertiary/aromatic N) is 2. The van der Waals surface area contributed by atoms with E-state index in [9.17, 15) is 17.6 Å². The number of hydrogen-bond donors (Lipinski definition) is 0. The summed E-state index contributed by atoms with van der Waals surface area (Å²) < 4.78 is 53.3. The van der Waals surface area contributed by atoms with E-state index in [1.807, 2.05) is 0 Å². The van der Waals surface area contributed by atoms with Crippen LogP contribution in [0.3, 0.4) is 0 Å². The molecule has 1 atom stereocenters. The molecule has 2 rings (SSSR count). The van der Waals surface area contributed by atoms with E-state index >= 15 is 0 Å². The quantitative estimate of drug-likeness (QED) is 0.629. The maximum Gasteiger partial charge on any atom is 0.251 e. The zero-order chi connectivity index (χ0) is 14.9. The van der Waals surface area contributed by atoms with E-state index in [1.54, 1.807) is 13.0 Å². The second-order valence-electron chi connectivity index (χ2n) is 4.37. The lowest BCUT2D eigenvalue weighted by molar-refractivity contribution is 0.461. The van der Waals surface area contributed by atoms with E-state index in [0.717, 1.165) is 0 Å². The van der Waals surface area contributed by atoms with Crippen molar-refractivity contribution in [2.24, 2.45) is 0 Å². The van der Waals surface area contributed by atoms with Crippen molar-refractivity contribution in [3.05, 3.63) is 59.3 Å². The predicted octanol–water partition coefficient (Wildman–Crippen LogP) is 3.84. The van der Waals surface area contributed by atoms with Crippen LogP contribution < -0.4 is 4.90 Å². The highest BCUT2D eigenvalue weighted by Gasteiger charge is 2.21. The lowest BCUT2D eigenvalue weighted by atomic mass is 10.1. The summed E-state index contributed by atoms with van der Waals surface area (Å²) in [5.41, 5.74) is 0.306. The lowest BCUT2D eigenvalue weighted by Gasteiger charge is -2.26. The summed E-state index contributed by atoms with van der Waals surface area (Å²) in [6.07, 6.45) is 0. The van der Waals surface area contributed by atoms with Crippen molar-refractivity contribution in [3.63, 3.8) is 0 Å². The van der Waals surface area contributed by atoms with Gasteiger partial charge in [0, 0.05) is 18.7 Å². The van der Waals surface area contributed by atoms with Crippen LogP contribution in [0.1, 0.15) is 18.5 Å². The molecule has 0 amide bonds. The Kier molecular flexibility index (Phi) is 3.92. The zero-order valence-corrected chi connectivity index (χ0v) is 10.9. The Bertz CT molecular complexity index is 631. The molecule has 0 spiro atoms. The van der Waals surface area contributed by atoms with Crippen LogP contribution in [0.2, 0.25) is 0 Å². The van der Waals surface area contributed by atoms with Crippen LogP contribution in [0.25, 0.3) is 0 Å². The fourth-order valence-electron chi connectivity index (χ4n) is 1.89. The molecule has 0 aliphatic heterocycles. The average Bonchev–Trinajstić information content (AvgIpc) is 2.42. The summed E-state index contributed by atoms with van der Waals surface area (Å²) in [4.78, 5) is 4.48. The molecule has 2 nitrogen and oxygen atoms in total. The minimum Gasteiger partial charge on any atom is -0.350 e. The van der Waals surface area contributed by atoms with Gasteiger partial charge in [-0.25, -0.2) is 13.2 Å². The number of halogens is 4. The van der Waals surface area contributed by atoms with Gasteiger partial charge in [0.2, 0.25) is 0 Å². The Balaban J connectivity index is 2.39. The Morgan fingerprint density at radius 3 is 2.30 bits per heavy atom. The monoisotopic (exact) mass is 284 g/mol. The number of aromatic nitrogens is 1. The molecule has 0 bridgehead atoms. The normalized spacial score (nSPS) is 12.3. The highest BCUT2D eigenvalue weighted by atomic mass is 19.2. The van der Waals surface area contributed by atoms with Gasteiger partial charge in [-0.15, -0.1) is 0 Å². The first kappa shape index (κ1) is 14.3. The number of rotatable bonds is 3. The summed E-state index contributed by atoms with van der Waals surface area (Å²) in [7, 11) is 1.43. The van der Waals surface area contributed by atoms with E-state index in [0.29, 0.717) is 11.6 Å². The highest BCUT2D eigenvalue weighted by Crippen LogP contribution is 2.28. The van der Waals surface area contributed by atoms with Crippen LogP contribution in [0.15, 0.2) is 30.3 Å². The van der Waals surface area contributed by atoms with Gasteiger partial charge >= 0.3 is 0 Å². The Morgan fingerprint density at radius 1 is 1.00 bits per heavy atom. The molecule has 0 fully saturated rings. The molecule has 0 radical (unpaired) electrons. The minimum atomic E-state index is -1.39. The number of hydrogen-bond acceptors (Lipinski definition) is 2. The molecule has 2 aromatic rings. The minimum absolute atomic E-state index is 0.306. The molecule has 1 heterocycles. The third kappa shape index (κ3) is 2.59. The predicted molar refractivity (Wildman–Crippen MR) is 67.3 cm³/mol. The molecule has 0 saturated carbocycles. The summed E-state index contributed by atoms with van der Waals surface area (Å²) in [6, 6.07) is 5.80. The van der Waals surface area contributed by atoms with Crippen molar-refractivity contribution in [3.8, 4) is 0 Å².